The van der Waals surface area contributed by atoms with Gasteiger partial charge in [-0.3, -0.25) is 4.79 Å². The molecule has 2 N–H and O–H groups in total. The molecule has 0 aromatic heterocycles. The molecule has 24 heavy (non-hydrogen) atoms. The molecule has 0 aliphatic rings. The molecule has 0 radical (unpaired) electrons. The minimum absolute atomic E-state index is 0.187. The van der Waals surface area contributed by atoms with E-state index >= 15 is 0 Å². The summed E-state index contributed by atoms with van der Waals surface area (Å²) in [4.78, 5) is 12.2. The number of benzene rings is 2. The molecule has 4 nitrogen and oxygen atoms in total. The molecule has 0 spiro atoms. The van der Waals surface area contributed by atoms with Crippen molar-refractivity contribution in [1.29, 1.82) is 5.26 Å². The first-order valence-corrected chi connectivity index (χ1v) is 8.01. The number of rotatable bonds is 4. The average molecular weight is 401 g/mol. The third-order valence-electron chi connectivity index (χ3n) is 2.89. The van der Waals surface area contributed by atoms with Crippen LogP contribution >= 0.6 is 46.4 Å². The Balaban J connectivity index is 2.20. The van der Waals surface area contributed by atoms with Gasteiger partial charge in [0.15, 0.2) is 0 Å². The van der Waals surface area contributed by atoms with Gasteiger partial charge < -0.3 is 10.6 Å². The Bertz CT molecular complexity index is 839. The van der Waals surface area contributed by atoms with Crippen LogP contribution in [0.5, 0.6) is 0 Å². The molecule has 0 fully saturated rings. The van der Waals surface area contributed by atoms with Crippen LogP contribution < -0.4 is 10.6 Å². The maximum Gasteiger partial charge on any atom is 0.267 e. The Kier molecular flexibility index (Phi) is 6.36. The molecular formula is C16H9Cl4N3O. The molecule has 0 atom stereocenters. The Labute approximate surface area is 158 Å². The number of nitrogens with zero attached hydrogens (tertiary/aromatic N) is 1. The van der Waals surface area contributed by atoms with Crippen molar-refractivity contribution in [3.63, 3.8) is 0 Å². The summed E-state index contributed by atoms with van der Waals surface area (Å²) < 4.78 is 0. The van der Waals surface area contributed by atoms with Gasteiger partial charge in [-0.05, 0) is 24.3 Å². The second kappa shape index (κ2) is 8.27. The van der Waals surface area contributed by atoms with Gasteiger partial charge in [-0.15, -0.1) is 0 Å². The van der Waals surface area contributed by atoms with Crippen LogP contribution in [0.1, 0.15) is 0 Å². The maximum absolute atomic E-state index is 12.2. The monoisotopic (exact) mass is 399 g/mol. The lowest BCUT2D eigenvalue weighted by atomic mass is 10.2. The van der Waals surface area contributed by atoms with Crippen molar-refractivity contribution in [2.24, 2.45) is 0 Å². The lowest BCUT2D eigenvalue weighted by Gasteiger charge is -2.09. The summed E-state index contributed by atoms with van der Waals surface area (Å²) in [5, 5.41) is 15.6. The molecule has 0 bridgehead atoms. The zero-order valence-electron chi connectivity index (χ0n) is 11.9. The van der Waals surface area contributed by atoms with Crippen LogP contribution in [0.25, 0.3) is 0 Å². The summed E-state index contributed by atoms with van der Waals surface area (Å²) in [5.41, 5.74) is 0.496. The fraction of sp³-hybridized carbons (Fsp3) is 0. The van der Waals surface area contributed by atoms with Gasteiger partial charge in [-0.2, -0.15) is 5.26 Å². The van der Waals surface area contributed by atoms with Gasteiger partial charge in [-0.25, -0.2) is 0 Å². The highest BCUT2D eigenvalue weighted by Crippen LogP contribution is 2.31. The fourth-order valence-corrected chi connectivity index (χ4v) is 2.57. The number of hydrogen-bond donors (Lipinski definition) is 2. The predicted octanol–water partition coefficient (Wildman–Crippen LogP) is 5.76. The lowest BCUT2D eigenvalue weighted by Crippen LogP contribution is -2.15. The molecule has 0 saturated heterocycles. The van der Waals surface area contributed by atoms with Crippen molar-refractivity contribution in [2.45, 2.75) is 0 Å². The number of carbonyl (C=O) groups excluding carboxylic acids is 1. The average Bonchev–Trinajstić information content (AvgIpc) is 2.54. The first kappa shape index (κ1) is 18.4. The van der Waals surface area contributed by atoms with E-state index in [9.17, 15) is 10.1 Å². The SMILES string of the molecule is N#C/C(=C/Nc1c(Cl)cccc1Cl)C(=O)Nc1cccc(Cl)c1Cl. The smallest absolute Gasteiger partial charge is 0.267 e. The van der Waals surface area contributed by atoms with Gasteiger partial charge in [0, 0.05) is 6.20 Å². The molecule has 1 amide bonds. The molecule has 122 valence electrons. The van der Waals surface area contributed by atoms with Crippen LogP contribution in [0.15, 0.2) is 48.2 Å². The largest absolute Gasteiger partial charge is 0.358 e. The number of hydrogen-bond acceptors (Lipinski definition) is 3. The van der Waals surface area contributed by atoms with Gasteiger partial charge in [0.25, 0.3) is 5.91 Å². The van der Waals surface area contributed by atoms with E-state index in [0.29, 0.717) is 21.4 Å². The van der Waals surface area contributed by atoms with Crippen molar-refractivity contribution in [2.75, 3.05) is 10.6 Å². The van der Waals surface area contributed by atoms with Crippen molar-refractivity contribution in [1.82, 2.24) is 0 Å². The molecule has 0 saturated carbocycles. The molecule has 2 aromatic carbocycles. The fourth-order valence-electron chi connectivity index (χ4n) is 1.72. The van der Waals surface area contributed by atoms with Crippen molar-refractivity contribution < 1.29 is 4.79 Å². The zero-order valence-corrected chi connectivity index (χ0v) is 14.9. The summed E-state index contributed by atoms with van der Waals surface area (Å²) >= 11 is 23.9. The number of nitrogens with one attached hydrogen (secondary N) is 2. The molecule has 0 aliphatic heterocycles. The van der Waals surface area contributed by atoms with Crippen molar-refractivity contribution in [3.8, 4) is 6.07 Å². The second-order valence-electron chi connectivity index (χ2n) is 4.47. The number of para-hydroxylation sites is 1. The minimum atomic E-state index is -0.655. The first-order valence-electron chi connectivity index (χ1n) is 6.50. The summed E-state index contributed by atoms with van der Waals surface area (Å²) in [6.45, 7) is 0. The molecule has 0 unspecified atom stereocenters. The van der Waals surface area contributed by atoms with E-state index in [0.717, 1.165) is 0 Å². The van der Waals surface area contributed by atoms with E-state index in [1.165, 1.54) is 6.20 Å². The van der Waals surface area contributed by atoms with E-state index in [1.807, 2.05) is 0 Å². The zero-order chi connectivity index (χ0) is 17.7. The summed E-state index contributed by atoms with van der Waals surface area (Å²) in [6.07, 6.45) is 1.21. The summed E-state index contributed by atoms with van der Waals surface area (Å²) in [7, 11) is 0. The van der Waals surface area contributed by atoms with Crippen LogP contribution in [0.2, 0.25) is 20.1 Å². The third kappa shape index (κ3) is 4.34. The van der Waals surface area contributed by atoms with E-state index in [2.05, 4.69) is 10.6 Å². The first-order chi connectivity index (χ1) is 11.4. The van der Waals surface area contributed by atoms with Gasteiger partial charge in [0.1, 0.15) is 11.6 Å². The van der Waals surface area contributed by atoms with Crippen LogP contribution in [-0.4, -0.2) is 5.91 Å². The Morgan fingerprint density at radius 2 is 1.58 bits per heavy atom. The van der Waals surface area contributed by atoms with Gasteiger partial charge >= 0.3 is 0 Å². The van der Waals surface area contributed by atoms with Crippen LogP contribution in [0, 0.1) is 11.3 Å². The van der Waals surface area contributed by atoms with E-state index < -0.39 is 5.91 Å². The van der Waals surface area contributed by atoms with E-state index in [1.54, 1.807) is 42.5 Å². The highest BCUT2D eigenvalue weighted by Gasteiger charge is 2.13. The topological polar surface area (TPSA) is 64.9 Å². The number of amides is 1. The normalized spacial score (nSPS) is 10.9. The lowest BCUT2D eigenvalue weighted by molar-refractivity contribution is -0.112. The summed E-state index contributed by atoms with van der Waals surface area (Å²) in [5.74, 6) is -0.655. The Morgan fingerprint density at radius 3 is 2.21 bits per heavy atom. The van der Waals surface area contributed by atoms with Gasteiger partial charge in [0.05, 0.1) is 31.5 Å². The van der Waals surface area contributed by atoms with Crippen LogP contribution in [0.3, 0.4) is 0 Å². The number of anilines is 2. The summed E-state index contributed by atoms with van der Waals surface area (Å²) in [6, 6.07) is 11.5. The highest BCUT2D eigenvalue weighted by molar-refractivity contribution is 6.44. The molecule has 2 aromatic rings. The third-order valence-corrected chi connectivity index (χ3v) is 4.34. The second-order valence-corrected chi connectivity index (χ2v) is 6.07. The molecule has 0 heterocycles. The van der Waals surface area contributed by atoms with Crippen LogP contribution in [0.4, 0.5) is 11.4 Å². The number of halogens is 4. The van der Waals surface area contributed by atoms with E-state index in [4.69, 9.17) is 46.4 Å². The van der Waals surface area contributed by atoms with Crippen LogP contribution in [-0.2, 0) is 4.79 Å². The van der Waals surface area contributed by atoms with Gasteiger partial charge in [-0.1, -0.05) is 58.5 Å². The Hall–Kier alpha value is -1.90. The Morgan fingerprint density at radius 1 is 1.00 bits per heavy atom. The predicted molar refractivity (Wildman–Crippen MR) is 98.9 cm³/mol. The van der Waals surface area contributed by atoms with Gasteiger partial charge in [0.2, 0.25) is 0 Å². The van der Waals surface area contributed by atoms with Crippen molar-refractivity contribution in [3.05, 3.63) is 68.3 Å². The van der Waals surface area contributed by atoms with E-state index in [-0.39, 0.29) is 15.6 Å². The molecule has 2 rings (SSSR count). The standard InChI is InChI=1S/C16H9Cl4N3O/c17-10-3-2-6-13(14(10)20)23-16(24)9(7-21)8-22-15-11(18)4-1-5-12(15)19/h1-6,8,22H,(H,23,24)/b9-8-. The highest BCUT2D eigenvalue weighted by atomic mass is 35.5. The minimum Gasteiger partial charge on any atom is -0.358 e. The molecule has 0 aliphatic carbocycles. The molecular weight excluding hydrogens is 392 g/mol. The van der Waals surface area contributed by atoms with Crippen molar-refractivity contribution >= 4 is 63.7 Å². The molecule has 8 heteroatoms. The maximum atomic E-state index is 12.2. The number of carbonyl (C=O) groups is 1. The quantitative estimate of drug-likeness (QED) is 0.506. The number of nitriles is 1.